The van der Waals surface area contributed by atoms with Gasteiger partial charge in [-0.3, -0.25) is 0 Å². The summed E-state index contributed by atoms with van der Waals surface area (Å²) in [6.07, 6.45) is -4.13. The summed E-state index contributed by atoms with van der Waals surface area (Å²) in [7, 11) is 0. The number of carbonyl (C=O) groups is 1. The van der Waals surface area contributed by atoms with E-state index in [0.717, 1.165) is 6.07 Å². The van der Waals surface area contributed by atoms with Crippen LogP contribution in [0.4, 0.5) is 18.0 Å². The normalized spacial score (nSPS) is 18.1. The van der Waals surface area contributed by atoms with Gasteiger partial charge in [-0.25, -0.2) is 4.79 Å². The zero-order chi connectivity index (χ0) is 18.9. The van der Waals surface area contributed by atoms with Crippen molar-refractivity contribution >= 4 is 6.09 Å². The molecule has 1 aromatic carbocycles. The molecule has 1 aliphatic rings. The van der Waals surface area contributed by atoms with Crippen LogP contribution < -0.4 is 5.73 Å². The minimum absolute atomic E-state index is 0.0995. The molecule has 1 saturated heterocycles. The van der Waals surface area contributed by atoms with Crippen LogP contribution >= 0.6 is 0 Å². The molecular formula is C18H25F3N2O2. The van der Waals surface area contributed by atoms with Gasteiger partial charge in [0, 0.05) is 25.0 Å². The van der Waals surface area contributed by atoms with Crippen molar-refractivity contribution < 1.29 is 22.7 Å². The first-order valence-electron chi connectivity index (χ1n) is 8.33. The minimum atomic E-state index is -4.43. The first-order chi connectivity index (χ1) is 11.5. The monoisotopic (exact) mass is 358 g/mol. The highest BCUT2D eigenvalue weighted by Gasteiger charge is 2.43. The standard InChI is InChI=1S/C18H25F3N2O2/c1-16(2,3)25-15(24)23-10-8-17(12-22,9-11-23)13-6-4-5-7-14(13)18(19,20)21/h4-7H,8-12,22H2,1-3H3. The van der Waals surface area contributed by atoms with Gasteiger partial charge in [-0.05, 0) is 45.2 Å². The lowest BCUT2D eigenvalue weighted by atomic mass is 9.71. The molecular weight excluding hydrogens is 333 g/mol. The molecule has 1 aliphatic heterocycles. The quantitative estimate of drug-likeness (QED) is 0.871. The van der Waals surface area contributed by atoms with Crippen LogP contribution in [0.3, 0.4) is 0 Å². The van der Waals surface area contributed by atoms with Gasteiger partial charge in [-0.15, -0.1) is 0 Å². The highest BCUT2D eigenvalue weighted by Crippen LogP contribution is 2.42. The van der Waals surface area contributed by atoms with Gasteiger partial charge in [0.05, 0.1) is 5.56 Å². The van der Waals surface area contributed by atoms with Crippen LogP contribution in [0.15, 0.2) is 24.3 Å². The maximum atomic E-state index is 13.4. The second-order valence-corrected chi connectivity index (χ2v) is 7.50. The van der Waals surface area contributed by atoms with Gasteiger partial charge in [-0.2, -0.15) is 13.2 Å². The predicted molar refractivity (Wildman–Crippen MR) is 89.2 cm³/mol. The van der Waals surface area contributed by atoms with E-state index in [9.17, 15) is 18.0 Å². The third kappa shape index (κ3) is 4.45. The molecule has 7 heteroatoms. The van der Waals surface area contributed by atoms with Crippen LogP contribution in [-0.4, -0.2) is 36.2 Å². The Labute approximate surface area is 146 Å². The second-order valence-electron chi connectivity index (χ2n) is 7.50. The predicted octanol–water partition coefficient (Wildman–Crippen LogP) is 3.93. The zero-order valence-corrected chi connectivity index (χ0v) is 14.8. The Bertz CT molecular complexity index is 615. The molecule has 0 spiro atoms. The Morgan fingerprint density at radius 1 is 1.20 bits per heavy atom. The van der Waals surface area contributed by atoms with E-state index in [1.807, 2.05) is 0 Å². The van der Waals surface area contributed by atoms with Crippen LogP contribution in [-0.2, 0) is 16.3 Å². The minimum Gasteiger partial charge on any atom is -0.444 e. The smallest absolute Gasteiger partial charge is 0.416 e. The first kappa shape index (κ1) is 19.6. The summed E-state index contributed by atoms with van der Waals surface area (Å²) in [5.74, 6) is 0. The molecule has 4 nitrogen and oxygen atoms in total. The number of hydrogen-bond donors (Lipinski definition) is 1. The van der Waals surface area contributed by atoms with Crippen LogP contribution in [0, 0.1) is 0 Å². The Hall–Kier alpha value is -1.76. The molecule has 0 atom stereocenters. The molecule has 25 heavy (non-hydrogen) atoms. The van der Waals surface area contributed by atoms with Gasteiger partial charge < -0.3 is 15.4 Å². The van der Waals surface area contributed by atoms with E-state index in [4.69, 9.17) is 10.5 Å². The number of rotatable bonds is 2. The fraction of sp³-hybridized carbons (Fsp3) is 0.611. The van der Waals surface area contributed by atoms with Gasteiger partial charge >= 0.3 is 12.3 Å². The average molecular weight is 358 g/mol. The molecule has 1 amide bonds. The van der Waals surface area contributed by atoms with Crippen LogP contribution in [0.1, 0.15) is 44.7 Å². The molecule has 0 aliphatic carbocycles. The molecule has 0 radical (unpaired) electrons. The lowest BCUT2D eigenvalue weighted by Gasteiger charge is -2.42. The lowest BCUT2D eigenvalue weighted by molar-refractivity contribution is -0.139. The third-order valence-corrected chi connectivity index (χ3v) is 4.57. The van der Waals surface area contributed by atoms with Crippen molar-refractivity contribution in [2.75, 3.05) is 19.6 Å². The lowest BCUT2D eigenvalue weighted by Crippen LogP contribution is -2.50. The number of alkyl halides is 3. The maximum Gasteiger partial charge on any atom is 0.416 e. The molecule has 1 fully saturated rings. The van der Waals surface area contributed by atoms with Crippen molar-refractivity contribution in [3.63, 3.8) is 0 Å². The number of likely N-dealkylation sites (tertiary alicyclic amines) is 1. The second kappa shape index (κ2) is 6.86. The molecule has 2 N–H and O–H groups in total. The molecule has 2 rings (SSSR count). The van der Waals surface area contributed by atoms with Crippen LogP contribution in [0.25, 0.3) is 0 Å². The van der Waals surface area contributed by atoms with Gasteiger partial charge in [0.25, 0.3) is 0 Å². The Balaban J connectivity index is 2.22. The van der Waals surface area contributed by atoms with Crippen LogP contribution in [0.5, 0.6) is 0 Å². The maximum absolute atomic E-state index is 13.4. The number of amides is 1. The molecule has 0 unspecified atom stereocenters. The fourth-order valence-corrected chi connectivity index (χ4v) is 3.22. The number of nitrogens with two attached hydrogens (primary N) is 1. The molecule has 0 bridgehead atoms. The molecule has 140 valence electrons. The summed E-state index contributed by atoms with van der Waals surface area (Å²) in [5.41, 5.74) is 4.08. The Morgan fingerprint density at radius 2 is 1.76 bits per heavy atom. The van der Waals surface area contributed by atoms with E-state index in [2.05, 4.69) is 0 Å². The van der Waals surface area contributed by atoms with E-state index in [0.29, 0.717) is 25.9 Å². The van der Waals surface area contributed by atoms with Crippen LogP contribution in [0.2, 0.25) is 0 Å². The summed E-state index contributed by atoms with van der Waals surface area (Å²) < 4.78 is 45.5. The number of piperidine rings is 1. The number of benzene rings is 1. The highest BCUT2D eigenvalue weighted by atomic mass is 19.4. The van der Waals surface area contributed by atoms with Crippen molar-refractivity contribution in [3.05, 3.63) is 35.4 Å². The fourth-order valence-electron chi connectivity index (χ4n) is 3.22. The van der Waals surface area contributed by atoms with E-state index in [1.165, 1.54) is 17.0 Å². The first-order valence-corrected chi connectivity index (χ1v) is 8.33. The van der Waals surface area contributed by atoms with Crippen molar-refractivity contribution in [3.8, 4) is 0 Å². The van der Waals surface area contributed by atoms with Crippen molar-refractivity contribution in [2.24, 2.45) is 5.73 Å². The highest BCUT2D eigenvalue weighted by molar-refractivity contribution is 5.68. The van der Waals surface area contributed by atoms with Gasteiger partial charge in [0.1, 0.15) is 5.60 Å². The van der Waals surface area contributed by atoms with E-state index < -0.39 is 28.8 Å². The summed E-state index contributed by atoms with van der Waals surface area (Å²) >= 11 is 0. The van der Waals surface area contributed by atoms with Gasteiger partial charge in [0.15, 0.2) is 0 Å². The molecule has 0 aromatic heterocycles. The summed E-state index contributed by atoms with van der Waals surface area (Å²) in [6, 6.07) is 5.57. The topological polar surface area (TPSA) is 55.6 Å². The largest absolute Gasteiger partial charge is 0.444 e. The Morgan fingerprint density at radius 3 is 2.24 bits per heavy atom. The summed E-state index contributed by atoms with van der Waals surface area (Å²) in [6.45, 7) is 6.06. The van der Waals surface area contributed by atoms with Crippen molar-refractivity contribution in [1.29, 1.82) is 0 Å². The number of nitrogens with zero attached hydrogens (tertiary/aromatic N) is 1. The number of halogens is 3. The van der Waals surface area contributed by atoms with E-state index in [1.54, 1.807) is 26.8 Å². The third-order valence-electron chi connectivity index (χ3n) is 4.57. The van der Waals surface area contributed by atoms with E-state index >= 15 is 0 Å². The van der Waals surface area contributed by atoms with Crippen molar-refractivity contribution in [1.82, 2.24) is 4.90 Å². The number of carbonyl (C=O) groups excluding carboxylic acids is 1. The van der Waals surface area contributed by atoms with E-state index in [-0.39, 0.29) is 12.1 Å². The number of ether oxygens (including phenoxy) is 1. The SMILES string of the molecule is CC(C)(C)OC(=O)N1CCC(CN)(c2ccccc2C(F)(F)F)CC1. The zero-order valence-electron chi connectivity index (χ0n) is 14.8. The Kier molecular flexibility index (Phi) is 5.37. The average Bonchev–Trinajstić information content (AvgIpc) is 2.52. The molecule has 0 saturated carbocycles. The number of hydrogen-bond acceptors (Lipinski definition) is 3. The molecule has 1 aromatic rings. The van der Waals surface area contributed by atoms with Gasteiger partial charge in [0.2, 0.25) is 0 Å². The summed E-state index contributed by atoms with van der Waals surface area (Å²) in [4.78, 5) is 13.7. The van der Waals surface area contributed by atoms with Crippen molar-refractivity contribution in [2.45, 2.75) is 50.8 Å². The van der Waals surface area contributed by atoms with Gasteiger partial charge in [-0.1, -0.05) is 18.2 Å². The summed E-state index contributed by atoms with van der Waals surface area (Å²) in [5, 5.41) is 0. The molecule has 1 heterocycles.